The number of likely N-dealkylation sites (N-methyl/N-ethyl adjacent to an activating group) is 1. The van der Waals surface area contributed by atoms with Gasteiger partial charge >= 0.3 is 0 Å². The summed E-state index contributed by atoms with van der Waals surface area (Å²) in [5, 5.41) is 0. The van der Waals surface area contributed by atoms with Crippen molar-refractivity contribution >= 4 is 5.91 Å². The summed E-state index contributed by atoms with van der Waals surface area (Å²) in [6.07, 6.45) is 2.21. The Morgan fingerprint density at radius 2 is 2.21 bits per heavy atom. The number of amides is 1. The van der Waals surface area contributed by atoms with Crippen LogP contribution in [0, 0.1) is 0 Å². The van der Waals surface area contributed by atoms with Gasteiger partial charge in [-0.25, -0.2) is 0 Å². The fraction of sp³-hybridized carbons (Fsp3) is 0.400. The number of methoxy groups -OCH3 is 1. The summed E-state index contributed by atoms with van der Waals surface area (Å²) in [6, 6.07) is 5.67. The van der Waals surface area contributed by atoms with E-state index in [1.807, 2.05) is 25.1 Å². The van der Waals surface area contributed by atoms with Crippen LogP contribution in [0.3, 0.4) is 0 Å². The molecule has 0 saturated heterocycles. The molecule has 0 aliphatic heterocycles. The minimum Gasteiger partial charge on any atom is -0.493 e. The lowest BCUT2D eigenvalue weighted by Gasteiger charge is -2.19. The number of hydrogen-bond donors (Lipinski definition) is 0. The topological polar surface area (TPSA) is 38.8 Å². The summed E-state index contributed by atoms with van der Waals surface area (Å²) in [5.74, 6) is 1.27. The second-order valence-corrected chi connectivity index (χ2v) is 4.20. The van der Waals surface area contributed by atoms with Crippen LogP contribution in [0.15, 0.2) is 30.9 Å². The van der Waals surface area contributed by atoms with Gasteiger partial charge in [0.25, 0.3) is 0 Å². The van der Waals surface area contributed by atoms with Gasteiger partial charge in [-0.3, -0.25) is 4.79 Å². The van der Waals surface area contributed by atoms with Crippen molar-refractivity contribution in [1.82, 2.24) is 4.90 Å². The Labute approximate surface area is 114 Å². The number of nitrogens with zero attached hydrogens (tertiary/aromatic N) is 1. The second-order valence-electron chi connectivity index (χ2n) is 4.20. The standard InChI is InChI=1S/C15H21NO3/c1-5-10-19-15-12(8-7-9-13(15)18-4)11-16(3)14(17)6-2/h6-9H,2,5,10-11H2,1,3-4H3. The van der Waals surface area contributed by atoms with Gasteiger partial charge in [-0.1, -0.05) is 25.6 Å². The number of ether oxygens (including phenoxy) is 2. The van der Waals surface area contributed by atoms with E-state index in [-0.39, 0.29) is 5.91 Å². The first kappa shape index (κ1) is 15.1. The average molecular weight is 263 g/mol. The van der Waals surface area contributed by atoms with E-state index in [0.717, 1.165) is 12.0 Å². The number of carbonyl (C=O) groups excluding carboxylic acids is 1. The van der Waals surface area contributed by atoms with Crippen LogP contribution >= 0.6 is 0 Å². The second kappa shape index (κ2) is 7.46. The van der Waals surface area contributed by atoms with E-state index < -0.39 is 0 Å². The molecule has 4 heteroatoms. The zero-order valence-electron chi connectivity index (χ0n) is 11.8. The lowest BCUT2D eigenvalue weighted by molar-refractivity contribution is -0.125. The maximum absolute atomic E-state index is 11.5. The molecule has 1 aromatic rings. The molecular weight excluding hydrogens is 242 g/mol. The van der Waals surface area contributed by atoms with Crippen molar-refractivity contribution in [3.05, 3.63) is 36.4 Å². The van der Waals surface area contributed by atoms with Crippen molar-refractivity contribution in [2.45, 2.75) is 19.9 Å². The SMILES string of the molecule is C=CC(=O)N(C)Cc1cccc(OC)c1OCCC. The van der Waals surface area contributed by atoms with Gasteiger partial charge in [-0.15, -0.1) is 0 Å². The van der Waals surface area contributed by atoms with Crippen LogP contribution in [0.4, 0.5) is 0 Å². The molecule has 0 bridgehead atoms. The molecule has 19 heavy (non-hydrogen) atoms. The van der Waals surface area contributed by atoms with E-state index in [4.69, 9.17) is 9.47 Å². The van der Waals surface area contributed by atoms with Crippen molar-refractivity contribution < 1.29 is 14.3 Å². The average Bonchev–Trinajstić information content (AvgIpc) is 2.44. The van der Waals surface area contributed by atoms with E-state index in [9.17, 15) is 4.79 Å². The van der Waals surface area contributed by atoms with Crippen LogP contribution in [-0.4, -0.2) is 31.6 Å². The fourth-order valence-corrected chi connectivity index (χ4v) is 1.70. The zero-order chi connectivity index (χ0) is 14.3. The van der Waals surface area contributed by atoms with Gasteiger partial charge in [0.05, 0.1) is 13.7 Å². The van der Waals surface area contributed by atoms with E-state index >= 15 is 0 Å². The molecule has 0 N–H and O–H groups in total. The van der Waals surface area contributed by atoms with Gasteiger partial charge in [-0.05, 0) is 18.6 Å². The zero-order valence-corrected chi connectivity index (χ0v) is 11.8. The Kier molecular flexibility index (Phi) is 5.93. The molecule has 0 aliphatic rings. The van der Waals surface area contributed by atoms with Gasteiger partial charge in [0, 0.05) is 19.2 Å². The quantitative estimate of drug-likeness (QED) is 0.710. The highest BCUT2D eigenvalue weighted by Crippen LogP contribution is 2.31. The molecule has 0 unspecified atom stereocenters. The molecule has 0 radical (unpaired) electrons. The van der Waals surface area contributed by atoms with Crippen LogP contribution in [0.2, 0.25) is 0 Å². The molecule has 0 fully saturated rings. The number of rotatable bonds is 7. The Bertz CT molecular complexity index is 443. The fourth-order valence-electron chi connectivity index (χ4n) is 1.70. The molecule has 0 atom stereocenters. The van der Waals surface area contributed by atoms with Crippen LogP contribution in [0.1, 0.15) is 18.9 Å². The van der Waals surface area contributed by atoms with Gasteiger partial charge in [-0.2, -0.15) is 0 Å². The Balaban J connectivity index is 2.98. The Morgan fingerprint density at radius 3 is 2.79 bits per heavy atom. The van der Waals surface area contributed by atoms with Crippen molar-refractivity contribution in [1.29, 1.82) is 0 Å². The third-order valence-corrected chi connectivity index (χ3v) is 2.69. The van der Waals surface area contributed by atoms with E-state index in [1.165, 1.54) is 6.08 Å². The minimum absolute atomic E-state index is 0.121. The van der Waals surface area contributed by atoms with Crippen molar-refractivity contribution in [2.75, 3.05) is 20.8 Å². The maximum atomic E-state index is 11.5. The van der Waals surface area contributed by atoms with Crippen LogP contribution in [0.25, 0.3) is 0 Å². The van der Waals surface area contributed by atoms with Crippen LogP contribution in [-0.2, 0) is 11.3 Å². The molecule has 0 aliphatic carbocycles. The van der Waals surface area contributed by atoms with E-state index in [1.54, 1.807) is 19.1 Å². The summed E-state index contributed by atoms with van der Waals surface area (Å²) in [7, 11) is 3.34. The van der Waals surface area contributed by atoms with Gasteiger partial charge in [0.1, 0.15) is 0 Å². The highest BCUT2D eigenvalue weighted by Gasteiger charge is 2.13. The first-order valence-corrected chi connectivity index (χ1v) is 6.30. The Morgan fingerprint density at radius 1 is 1.47 bits per heavy atom. The number of benzene rings is 1. The van der Waals surface area contributed by atoms with Crippen molar-refractivity contribution in [2.24, 2.45) is 0 Å². The monoisotopic (exact) mass is 263 g/mol. The lowest BCUT2D eigenvalue weighted by atomic mass is 10.1. The van der Waals surface area contributed by atoms with E-state index in [0.29, 0.717) is 24.7 Å². The predicted octanol–water partition coefficient (Wildman–Crippen LogP) is 2.63. The van der Waals surface area contributed by atoms with Gasteiger partial charge in [0.2, 0.25) is 5.91 Å². The van der Waals surface area contributed by atoms with Gasteiger partial charge < -0.3 is 14.4 Å². The molecule has 104 valence electrons. The summed E-state index contributed by atoms with van der Waals surface area (Å²) in [5.41, 5.74) is 0.922. The first-order chi connectivity index (χ1) is 9.13. The molecule has 0 heterocycles. The summed E-state index contributed by atoms with van der Waals surface area (Å²) in [6.45, 7) is 6.60. The highest BCUT2D eigenvalue weighted by molar-refractivity contribution is 5.86. The normalized spacial score (nSPS) is 9.84. The summed E-state index contributed by atoms with van der Waals surface area (Å²) < 4.78 is 11.0. The highest BCUT2D eigenvalue weighted by atomic mass is 16.5. The molecule has 1 rings (SSSR count). The Hall–Kier alpha value is -1.97. The first-order valence-electron chi connectivity index (χ1n) is 6.30. The number of carbonyl (C=O) groups is 1. The lowest BCUT2D eigenvalue weighted by Crippen LogP contribution is -2.24. The molecule has 4 nitrogen and oxygen atoms in total. The van der Waals surface area contributed by atoms with E-state index in [2.05, 4.69) is 6.58 Å². The molecule has 0 saturated carbocycles. The largest absolute Gasteiger partial charge is 0.493 e. The minimum atomic E-state index is -0.121. The van der Waals surface area contributed by atoms with Crippen LogP contribution in [0.5, 0.6) is 11.5 Å². The van der Waals surface area contributed by atoms with Crippen molar-refractivity contribution in [3.63, 3.8) is 0 Å². The number of para-hydroxylation sites is 1. The molecule has 0 aromatic heterocycles. The van der Waals surface area contributed by atoms with Gasteiger partial charge in [0.15, 0.2) is 11.5 Å². The molecule has 1 aromatic carbocycles. The summed E-state index contributed by atoms with van der Waals surface area (Å²) in [4.78, 5) is 13.1. The van der Waals surface area contributed by atoms with Crippen molar-refractivity contribution in [3.8, 4) is 11.5 Å². The maximum Gasteiger partial charge on any atom is 0.245 e. The molecule has 1 amide bonds. The summed E-state index contributed by atoms with van der Waals surface area (Å²) >= 11 is 0. The molecule has 0 spiro atoms. The predicted molar refractivity (Wildman–Crippen MR) is 75.5 cm³/mol. The van der Waals surface area contributed by atoms with Crippen LogP contribution < -0.4 is 9.47 Å². The third-order valence-electron chi connectivity index (χ3n) is 2.69. The smallest absolute Gasteiger partial charge is 0.245 e. The molecular formula is C15H21NO3. The third kappa shape index (κ3) is 4.02. The number of hydrogen-bond acceptors (Lipinski definition) is 3.